The van der Waals surface area contributed by atoms with E-state index in [9.17, 15) is 19.0 Å². The Bertz CT molecular complexity index is 1610. The summed E-state index contributed by atoms with van der Waals surface area (Å²) < 4.78 is 30.3. The summed E-state index contributed by atoms with van der Waals surface area (Å²) in [6, 6.07) is -0.914. The zero-order valence-corrected chi connectivity index (χ0v) is 50.1. The molecule has 0 saturated carbocycles. The number of esters is 1. The number of unbranched alkanes of at least 4 members (excludes halogenated alkanes) is 24. The fourth-order valence-corrected chi connectivity index (χ4v) is 9.01. The molecule has 0 radical (unpaired) electrons. The summed E-state index contributed by atoms with van der Waals surface area (Å²) in [6.45, 7) is 6.67. The molecule has 9 nitrogen and oxygen atoms in total. The van der Waals surface area contributed by atoms with Crippen molar-refractivity contribution >= 4 is 19.7 Å². The van der Waals surface area contributed by atoms with Gasteiger partial charge in [-0.05, 0) is 109 Å². The normalized spacial score (nSPS) is 14.4. The van der Waals surface area contributed by atoms with E-state index in [1.165, 1.54) is 103 Å². The van der Waals surface area contributed by atoms with Gasteiger partial charge < -0.3 is 28.5 Å². The van der Waals surface area contributed by atoms with E-state index in [0.717, 1.165) is 103 Å². The van der Waals surface area contributed by atoms with E-state index in [1.54, 1.807) is 0 Å². The molecular weight excluding hydrogens is 952 g/mol. The van der Waals surface area contributed by atoms with Crippen molar-refractivity contribution in [2.75, 3.05) is 40.9 Å². The number of amides is 1. The summed E-state index contributed by atoms with van der Waals surface area (Å²) in [7, 11) is 1.15. The fraction of sp³-hybridized carbons (Fsp3) is 0.723. The smallest absolute Gasteiger partial charge is 0.306 e. The lowest BCUT2D eigenvalue weighted by Crippen LogP contribution is -2.47. The molecule has 3 unspecified atom stereocenters. The highest BCUT2D eigenvalue weighted by Crippen LogP contribution is 2.38. The first-order valence-corrected chi connectivity index (χ1v) is 32.0. The topological polar surface area (TPSA) is 114 Å². The molecule has 75 heavy (non-hydrogen) atoms. The van der Waals surface area contributed by atoms with Crippen LogP contribution < -0.4 is 10.2 Å². The number of hydrogen-bond donors (Lipinski definition) is 1. The number of allylic oxidation sites excluding steroid dienone is 15. The Kier molecular flexibility index (Phi) is 52.1. The summed E-state index contributed by atoms with van der Waals surface area (Å²) >= 11 is 0. The summed E-state index contributed by atoms with van der Waals surface area (Å²) in [6.07, 6.45) is 72.2. The maximum Gasteiger partial charge on any atom is 0.306 e. The molecule has 0 spiro atoms. The molecule has 432 valence electrons. The van der Waals surface area contributed by atoms with Crippen LogP contribution in [-0.4, -0.2) is 69.4 Å². The van der Waals surface area contributed by atoms with Gasteiger partial charge in [0.05, 0.1) is 33.8 Å². The summed E-state index contributed by atoms with van der Waals surface area (Å²) in [4.78, 5) is 40.0. The van der Waals surface area contributed by atoms with Crippen LogP contribution in [0.15, 0.2) is 97.2 Å². The van der Waals surface area contributed by atoms with Gasteiger partial charge in [0.2, 0.25) is 5.91 Å². The van der Waals surface area contributed by atoms with E-state index in [4.69, 9.17) is 13.8 Å². The molecule has 0 rings (SSSR count). The largest absolute Gasteiger partial charge is 0.756 e. The molecule has 0 bridgehead atoms. The number of ether oxygens (including phenoxy) is 1. The molecule has 0 aliphatic heterocycles. The number of carbonyl (C=O) groups is 2. The van der Waals surface area contributed by atoms with E-state index >= 15 is 0 Å². The van der Waals surface area contributed by atoms with Crippen LogP contribution in [0.2, 0.25) is 0 Å². The Morgan fingerprint density at radius 3 is 1.32 bits per heavy atom. The van der Waals surface area contributed by atoms with Gasteiger partial charge in [0, 0.05) is 12.8 Å². The highest BCUT2D eigenvalue weighted by atomic mass is 31.2. The molecule has 0 aromatic rings. The third kappa shape index (κ3) is 55.5. The highest BCUT2D eigenvalue weighted by Gasteiger charge is 2.27. The first-order valence-electron chi connectivity index (χ1n) is 30.5. The van der Waals surface area contributed by atoms with E-state index in [2.05, 4.69) is 111 Å². The number of carbonyl (C=O) groups excluding carboxylic acids is 2. The first-order chi connectivity index (χ1) is 36.4. The Labute approximate surface area is 462 Å². The van der Waals surface area contributed by atoms with Gasteiger partial charge in [0.1, 0.15) is 19.3 Å². The van der Waals surface area contributed by atoms with Crippen LogP contribution in [0.5, 0.6) is 0 Å². The maximum absolute atomic E-state index is 13.5. The molecule has 0 saturated heterocycles. The van der Waals surface area contributed by atoms with E-state index in [1.807, 2.05) is 33.3 Å². The van der Waals surface area contributed by atoms with Gasteiger partial charge >= 0.3 is 5.97 Å². The van der Waals surface area contributed by atoms with Crippen LogP contribution in [0.25, 0.3) is 0 Å². The minimum Gasteiger partial charge on any atom is -0.756 e. The fourth-order valence-electron chi connectivity index (χ4n) is 8.28. The molecule has 0 aromatic carbocycles. The lowest BCUT2D eigenvalue weighted by molar-refractivity contribution is -0.870. The SMILES string of the molecule is CC/C=C\C/C=C\C/C=C\C/C=C\C/C=C\CCCCCC(=O)NC(COP(=O)([O-])OCC[N+](C)(C)C)C(/C=C/CCCCCCCCCCCCC)OC(=O)CCCCCCCCC/C=C\C/C=C\CCCCC. The van der Waals surface area contributed by atoms with E-state index < -0.39 is 26.6 Å². The van der Waals surface area contributed by atoms with Gasteiger partial charge in [-0.1, -0.05) is 227 Å². The molecule has 1 amide bonds. The Morgan fingerprint density at radius 1 is 0.480 bits per heavy atom. The number of nitrogens with zero attached hydrogens (tertiary/aromatic N) is 1. The number of rotatable bonds is 54. The second-order valence-corrected chi connectivity index (χ2v) is 22.9. The van der Waals surface area contributed by atoms with Crippen molar-refractivity contribution in [2.45, 2.75) is 264 Å². The van der Waals surface area contributed by atoms with Crippen LogP contribution >= 0.6 is 7.82 Å². The van der Waals surface area contributed by atoms with Crippen LogP contribution in [0.1, 0.15) is 252 Å². The molecule has 0 aromatic heterocycles. The third-order valence-corrected chi connectivity index (χ3v) is 14.0. The van der Waals surface area contributed by atoms with E-state index in [-0.39, 0.29) is 31.3 Å². The zero-order chi connectivity index (χ0) is 55.0. The van der Waals surface area contributed by atoms with Crippen molar-refractivity contribution in [1.29, 1.82) is 0 Å². The van der Waals surface area contributed by atoms with Crippen molar-refractivity contribution in [3.05, 3.63) is 97.2 Å². The van der Waals surface area contributed by atoms with Crippen molar-refractivity contribution in [3.8, 4) is 0 Å². The lowest BCUT2D eigenvalue weighted by Gasteiger charge is -2.30. The molecule has 0 aliphatic rings. The predicted octanol–water partition coefficient (Wildman–Crippen LogP) is 18.1. The van der Waals surface area contributed by atoms with Crippen LogP contribution in [0.3, 0.4) is 0 Å². The van der Waals surface area contributed by atoms with Gasteiger partial charge in [-0.25, -0.2) is 0 Å². The number of phosphoric ester groups is 1. The monoisotopic (exact) mass is 1070 g/mol. The van der Waals surface area contributed by atoms with Gasteiger partial charge in [-0.15, -0.1) is 0 Å². The lowest BCUT2D eigenvalue weighted by atomic mass is 10.0. The van der Waals surface area contributed by atoms with Gasteiger partial charge in [0.25, 0.3) is 7.82 Å². The molecule has 3 atom stereocenters. The number of likely N-dealkylation sites (N-methyl/N-ethyl adjacent to an activating group) is 1. The van der Waals surface area contributed by atoms with Crippen molar-refractivity contribution < 1.29 is 37.3 Å². The van der Waals surface area contributed by atoms with Crippen LogP contribution in [-0.2, 0) is 27.9 Å². The average Bonchev–Trinajstić information content (AvgIpc) is 3.37. The quantitative estimate of drug-likeness (QED) is 0.0212. The summed E-state index contributed by atoms with van der Waals surface area (Å²) in [5.41, 5.74) is 0. The summed E-state index contributed by atoms with van der Waals surface area (Å²) in [5.74, 6) is -0.591. The van der Waals surface area contributed by atoms with E-state index in [0.29, 0.717) is 23.9 Å². The van der Waals surface area contributed by atoms with Gasteiger partial charge in [0.15, 0.2) is 0 Å². The Balaban J connectivity index is 5.40. The molecule has 1 N–H and O–H groups in total. The van der Waals surface area contributed by atoms with Crippen molar-refractivity contribution in [1.82, 2.24) is 5.32 Å². The van der Waals surface area contributed by atoms with Crippen LogP contribution in [0.4, 0.5) is 0 Å². The standard InChI is InChI=1S/C65H115N2O7P/c1-7-10-13-16-19-22-25-28-30-32-33-35-36-39-42-45-48-51-54-57-64(68)66-62(61-73-75(70,71)72-60-59-67(4,5)6)63(56-53-50-47-44-41-38-27-24-21-18-15-12-9-3)74-65(69)58-55-52-49-46-43-40-37-34-31-29-26-23-20-17-14-11-8-2/h10,13,19-20,22-23,28-31,33,35,39,42,53,56,62-63H,7-9,11-12,14-18,21,24-27,32,34,36-38,40-41,43-52,54-55,57-61H2,1-6H3,(H-,66,68,70,71)/b13-10-,22-19-,23-20-,30-28-,31-29-,35-33-,42-39-,56-53+. The molecular formula is C65H115N2O7P. The minimum absolute atomic E-state index is 0.0348. The predicted molar refractivity (Wildman–Crippen MR) is 321 cm³/mol. The Hall–Kier alpha value is -3.07. The van der Waals surface area contributed by atoms with Gasteiger partial charge in [-0.3, -0.25) is 14.2 Å². The van der Waals surface area contributed by atoms with Crippen LogP contribution in [0, 0.1) is 0 Å². The average molecular weight is 1070 g/mol. The maximum atomic E-state index is 13.5. The third-order valence-electron chi connectivity index (χ3n) is 13.0. The van der Waals surface area contributed by atoms with Crippen molar-refractivity contribution in [2.24, 2.45) is 0 Å². The van der Waals surface area contributed by atoms with Gasteiger partial charge in [-0.2, -0.15) is 0 Å². The molecule has 0 fully saturated rings. The molecule has 0 aliphatic carbocycles. The number of nitrogens with one attached hydrogen (secondary N) is 1. The second-order valence-electron chi connectivity index (χ2n) is 21.5. The van der Waals surface area contributed by atoms with Crippen molar-refractivity contribution in [3.63, 3.8) is 0 Å². The number of phosphoric acid groups is 1. The molecule has 0 heterocycles. The number of hydrogen-bond acceptors (Lipinski definition) is 7. The Morgan fingerprint density at radius 2 is 0.853 bits per heavy atom. The molecule has 10 heteroatoms. The summed E-state index contributed by atoms with van der Waals surface area (Å²) in [5, 5.41) is 3.01. The minimum atomic E-state index is -4.71. The number of quaternary nitrogens is 1. The highest BCUT2D eigenvalue weighted by molar-refractivity contribution is 7.45. The second kappa shape index (κ2) is 54.3. The zero-order valence-electron chi connectivity index (χ0n) is 49.2. The first kappa shape index (κ1) is 71.9.